The first-order chi connectivity index (χ1) is 35.6. The minimum Gasteiger partial charge on any atom is -0.790 e. The molecule has 75 heavy (non-hydrogen) atoms. The van der Waals surface area contributed by atoms with Crippen LogP contribution >= 0.6 is 12.4 Å². The summed E-state index contributed by atoms with van der Waals surface area (Å²) in [5, 5.41) is 35.1. The molecule has 6 aromatic rings. The number of aromatic nitrogens is 6. The van der Waals surface area contributed by atoms with Crippen LogP contribution in [0.4, 0.5) is 4.39 Å². The van der Waals surface area contributed by atoms with Gasteiger partial charge in [-0.2, -0.15) is 0 Å². The molecular formula is C49H62ClFKN11O12. The average molecular weight is 1090 g/mol. The minimum absolute atomic E-state index is 0. The summed E-state index contributed by atoms with van der Waals surface area (Å²) in [6, 6.07) is 21.0. The standard InChI is InChI=1S/C16H17N3O3.C15H16N4O3.C10H12N2O2.C6H7NO2.CH3F.CH4O.ClH.K.H2NO/c1-18-8-3-4-14(18)15(20)19-9-7-12-11(10-19)5-6-13(17-12)16(21)22-2;1-18-7-2-3-13(18)15(21)19-8-6-11-10(9-19)4-5-12(16-11)14(20)17-22;1-14-10(13)9-3-2-7-6-11-5-4-8(7)12-9;1-7-4-2-3-5(7)6(8)9;2*1-2;;;1-2/h3-6,8H,7,9-10H2,1-2H3;2-5,7,22H,6,8-9H2,1H3,(H,17,20);2-3,11H,4-6H2,1H3;2-4H,1H3,(H,8,9);1H3;2H,1H3;1H;;1H2/q;;;;;;;+1;-1/i;;;;1D;;;;. The first kappa shape index (κ1) is 64.9. The molecule has 6 aromatic heterocycles. The molecular weight excluding hydrogens is 1030 g/mol. The molecule has 0 spiro atoms. The van der Waals surface area contributed by atoms with Crippen molar-refractivity contribution in [3.05, 3.63) is 165 Å². The van der Waals surface area contributed by atoms with Crippen molar-refractivity contribution in [3.8, 4) is 0 Å². The summed E-state index contributed by atoms with van der Waals surface area (Å²) >= 11 is 0. The molecule has 400 valence electrons. The number of amides is 3. The second-order valence-electron chi connectivity index (χ2n) is 15.5. The third-order valence-corrected chi connectivity index (χ3v) is 11.2. The number of hydrogen-bond acceptors (Lipinski definition) is 16. The molecule has 3 aliphatic heterocycles. The van der Waals surface area contributed by atoms with Gasteiger partial charge in [0.1, 0.15) is 34.2 Å². The van der Waals surface area contributed by atoms with Gasteiger partial charge in [0.05, 0.1) is 22.7 Å². The number of aryl methyl sites for hydroxylation is 3. The molecule has 9 rings (SSSR count). The number of nitrogens with two attached hydrogens (primary N) is 1. The summed E-state index contributed by atoms with van der Waals surface area (Å²) in [6.45, 7) is 3.87. The monoisotopic (exact) mass is 1090 g/mol. The van der Waals surface area contributed by atoms with Gasteiger partial charge in [-0.25, -0.2) is 34.8 Å². The minimum atomic E-state index is -1.00. The van der Waals surface area contributed by atoms with Crippen molar-refractivity contribution < 1.29 is 111 Å². The first-order valence-electron chi connectivity index (χ1n) is 22.8. The SMILES string of the molecule is CO.COC(=O)c1ccc2c(n1)CCN(C(=O)c1cccn1C)C2.COC(=O)c1ccc2c(n1)CCNC2.Cl.Cn1cccc1C(=O)N1CCc2nc(C(=O)NO)ccc2C1.Cn1cccc1C(=O)O.N[O-].[2H]CF.[K+]. The van der Waals surface area contributed by atoms with E-state index in [4.69, 9.17) is 22.0 Å². The Morgan fingerprint density at radius 1 is 0.667 bits per heavy atom. The quantitative estimate of drug-likeness (QED) is 0.0571. The van der Waals surface area contributed by atoms with Crippen LogP contribution in [0.5, 0.6) is 0 Å². The van der Waals surface area contributed by atoms with Crippen LogP contribution in [-0.4, -0.2) is 138 Å². The number of nitrogens with zero attached hydrogens (tertiary/aromatic N) is 8. The van der Waals surface area contributed by atoms with Gasteiger partial charge in [0.2, 0.25) is 0 Å². The van der Waals surface area contributed by atoms with Crippen LogP contribution in [0.3, 0.4) is 0 Å². The fourth-order valence-electron chi connectivity index (χ4n) is 7.51. The van der Waals surface area contributed by atoms with E-state index in [0.717, 1.165) is 54.8 Å². The second-order valence-corrected chi connectivity index (χ2v) is 15.5. The topological polar surface area (TPSA) is 315 Å². The molecule has 3 aliphatic rings. The number of hydrogen-bond donors (Lipinski definition) is 6. The van der Waals surface area contributed by atoms with Crippen molar-refractivity contribution in [1.82, 2.24) is 49.2 Å². The van der Waals surface area contributed by atoms with Crippen LogP contribution < -0.4 is 68.1 Å². The van der Waals surface area contributed by atoms with E-state index in [0.29, 0.717) is 67.5 Å². The number of aromatic carboxylic acids is 1. The number of aliphatic hydroxyl groups excluding tert-OH is 1. The Balaban J connectivity index is 0.000000501. The van der Waals surface area contributed by atoms with E-state index >= 15 is 0 Å². The van der Waals surface area contributed by atoms with Crippen molar-refractivity contribution >= 4 is 48.0 Å². The molecule has 26 heteroatoms. The normalized spacial score (nSPS) is 12.3. The summed E-state index contributed by atoms with van der Waals surface area (Å²) in [7, 11) is 8.10. The van der Waals surface area contributed by atoms with E-state index in [1.54, 1.807) is 80.1 Å². The Kier molecular flexibility index (Phi) is 29.7. The number of aliphatic hydroxyl groups is 1. The summed E-state index contributed by atoms with van der Waals surface area (Å²) in [5.74, 6) is 0.912. The number of ether oxygens (including phenoxy) is 2. The van der Waals surface area contributed by atoms with E-state index in [1.165, 1.54) is 19.8 Å². The molecule has 23 nitrogen and oxygen atoms in total. The molecule has 0 saturated heterocycles. The van der Waals surface area contributed by atoms with Crippen LogP contribution in [0.1, 0.15) is 98.1 Å². The number of carboxylic acid groups (broad SMARTS) is 1. The number of alkyl halides is 1. The Bertz CT molecular complexity index is 2710. The van der Waals surface area contributed by atoms with Crippen LogP contribution in [0.25, 0.3) is 0 Å². The molecule has 0 aliphatic carbocycles. The van der Waals surface area contributed by atoms with Gasteiger partial charge >= 0.3 is 69.3 Å². The molecule has 0 unspecified atom stereocenters. The molecule has 0 radical (unpaired) electrons. The van der Waals surface area contributed by atoms with Crippen molar-refractivity contribution in [2.45, 2.75) is 38.9 Å². The van der Waals surface area contributed by atoms with E-state index in [1.807, 2.05) is 61.4 Å². The van der Waals surface area contributed by atoms with E-state index in [9.17, 15) is 33.2 Å². The molecule has 9 heterocycles. The number of carbonyl (C=O) groups is 6. The fourth-order valence-corrected chi connectivity index (χ4v) is 7.51. The van der Waals surface area contributed by atoms with Gasteiger partial charge in [-0.05, 0) is 71.3 Å². The van der Waals surface area contributed by atoms with Crippen molar-refractivity contribution in [3.63, 3.8) is 0 Å². The van der Waals surface area contributed by atoms with Gasteiger partial charge in [0.15, 0.2) is 0 Å². The average Bonchev–Trinajstić information content (AvgIpc) is 4.21. The summed E-state index contributed by atoms with van der Waals surface area (Å²) in [5.41, 5.74) is 9.79. The van der Waals surface area contributed by atoms with Crippen LogP contribution in [-0.2, 0) is 69.5 Å². The van der Waals surface area contributed by atoms with Gasteiger partial charge in [-0.3, -0.25) is 24.0 Å². The summed E-state index contributed by atoms with van der Waals surface area (Å²) in [6.07, 6.45) is 7.49. The van der Waals surface area contributed by atoms with Gasteiger partial charge in [0, 0.05) is 122 Å². The number of esters is 2. The number of methoxy groups -OCH3 is 2. The zero-order valence-corrected chi connectivity index (χ0v) is 46.6. The number of carbonyl (C=O) groups excluding carboxylic acids is 5. The van der Waals surface area contributed by atoms with Crippen molar-refractivity contribution in [2.24, 2.45) is 27.0 Å². The molecule has 0 atom stereocenters. The number of fused-ring (bicyclic) bond motifs is 3. The summed E-state index contributed by atoms with van der Waals surface area (Å²) < 4.78 is 30.0. The number of halogens is 2. The van der Waals surface area contributed by atoms with Crippen LogP contribution in [0.2, 0.25) is 0 Å². The Labute approximate surface area is 483 Å². The fraction of sp³-hybridized carbons (Fsp3) is 0.327. The number of rotatable bonds is 6. The Hall–Kier alpha value is -6.23. The zero-order valence-electron chi connectivity index (χ0n) is 43.7. The maximum absolute atomic E-state index is 12.5. The zero-order chi connectivity index (χ0) is 54.9. The van der Waals surface area contributed by atoms with E-state index < -0.39 is 25.0 Å². The predicted molar refractivity (Wildman–Crippen MR) is 270 cm³/mol. The molecule has 0 saturated carbocycles. The third-order valence-electron chi connectivity index (χ3n) is 11.2. The van der Waals surface area contributed by atoms with Gasteiger partial charge in [-0.1, -0.05) is 18.2 Å². The molecule has 0 bridgehead atoms. The predicted octanol–water partition coefficient (Wildman–Crippen LogP) is 0.443. The molecule has 7 N–H and O–H groups in total. The van der Waals surface area contributed by atoms with Gasteiger partial charge < -0.3 is 59.6 Å². The Morgan fingerprint density at radius 2 is 1.04 bits per heavy atom. The van der Waals surface area contributed by atoms with Crippen molar-refractivity contribution in [2.75, 3.05) is 48.1 Å². The molecule has 3 amide bonds. The first-order valence-corrected chi connectivity index (χ1v) is 22.1. The number of hydroxylamine groups is 1. The number of nitrogens with one attached hydrogen (secondary N) is 2. The Morgan fingerprint density at radius 3 is 1.40 bits per heavy atom. The third kappa shape index (κ3) is 18.5. The number of pyridine rings is 3. The van der Waals surface area contributed by atoms with E-state index in [2.05, 4.69) is 35.6 Å². The largest absolute Gasteiger partial charge is 1.00 e. The van der Waals surface area contributed by atoms with Gasteiger partial charge in [-0.15, -0.1) is 12.4 Å². The smallest absolute Gasteiger partial charge is 0.790 e. The number of carboxylic acids is 1. The van der Waals surface area contributed by atoms with Crippen molar-refractivity contribution in [1.29, 1.82) is 0 Å². The van der Waals surface area contributed by atoms with E-state index in [-0.39, 0.29) is 87.3 Å². The molecule has 0 fully saturated rings. The molecule has 0 aromatic carbocycles. The van der Waals surface area contributed by atoms with Crippen LogP contribution in [0.15, 0.2) is 91.4 Å². The second kappa shape index (κ2) is 34.4. The maximum atomic E-state index is 12.5. The summed E-state index contributed by atoms with van der Waals surface area (Å²) in [4.78, 5) is 85.8. The van der Waals surface area contributed by atoms with Crippen LogP contribution in [0, 0.1) is 5.21 Å². The maximum Gasteiger partial charge on any atom is 1.00 e. The van der Waals surface area contributed by atoms with Gasteiger partial charge in [0.25, 0.3) is 17.7 Å².